The minimum atomic E-state index is -0.559. The van der Waals surface area contributed by atoms with E-state index in [1.165, 1.54) is 0 Å². The number of nitrogens with zero attached hydrogens (tertiary/aromatic N) is 2. The Labute approximate surface area is 143 Å². The molecule has 0 aliphatic rings. The smallest absolute Gasteiger partial charge is 0.125 e. The SMILES string of the molecule is OC(CCl)CNc1cccc(-c2csc(-c3cccnc3)n2)c1. The van der Waals surface area contributed by atoms with Gasteiger partial charge in [0.05, 0.1) is 17.7 Å². The molecule has 3 rings (SSSR count). The number of aliphatic hydroxyl groups excluding tert-OH is 1. The standard InChI is InChI=1S/C17H16ClN3OS/c18-8-15(22)10-20-14-5-1-3-12(7-14)16-11-23-17(21-16)13-4-2-6-19-9-13/h1-7,9,11,15,20,22H,8,10H2. The number of alkyl halides is 1. The fourth-order valence-electron chi connectivity index (χ4n) is 2.11. The van der Waals surface area contributed by atoms with Crippen LogP contribution in [0.2, 0.25) is 0 Å². The number of aliphatic hydroxyl groups is 1. The van der Waals surface area contributed by atoms with Crippen LogP contribution in [0.1, 0.15) is 0 Å². The van der Waals surface area contributed by atoms with Crippen molar-refractivity contribution in [3.8, 4) is 21.8 Å². The van der Waals surface area contributed by atoms with Crippen LogP contribution in [0.3, 0.4) is 0 Å². The molecule has 2 aromatic heterocycles. The van der Waals surface area contributed by atoms with Crippen molar-refractivity contribution in [3.63, 3.8) is 0 Å². The third kappa shape index (κ3) is 4.07. The average molecular weight is 346 g/mol. The second-order valence-corrected chi connectivity index (χ2v) is 6.22. The Bertz CT molecular complexity index is 763. The molecule has 2 heterocycles. The highest BCUT2D eigenvalue weighted by Crippen LogP contribution is 2.29. The average Bonchev–Trinajstić information content (AvgIpc) is 3.11. The number of benzene rings is 1. The molecule has 0 radical (unpaired) electrons. The maximum atomic E-state index is 9.52. The fraction of sp³-hybridized carbons (Fsp3) is 0.176. The van der Waals surface area contributed by atoms with E-state index in [0.29, 0.717) is 6.54 Å². The molecule has 1 aromatic carbocycles. The molecule has 4 nitrogen and oxygen atoms in total. The summed E-state index contributed by atoms with van der Waals surface area (Å²) in [6.07, 6.45) is 3.01. The van der Waals surface area contributed by atoms with Crippen LogP contribution in [-0.2, 0) is 0 Å². The van der Waals surface area contributed by atoms with E-state index < -0.39 is 6.10 Å². The van der Waals surface area contributed by atoms with Crippen molar-refractivity contribution in [1.29, 1.82) is 0 Å². The van der Waals surface area contributed by atoms with Crippen LogP contribution in [0.5, 0.6) is 0 Å². The van der Waals surface area contributed by atoms with E-state index in [9.17, 15) is 5.11 Å². The van der Waals surface area contributed by atoms with Crippen molar-refractivity contribution in [2.24, 2.45) is 0 Å². The van der Waals surface area contributed by atoms with E-state index in [2.05, 4.69) is 15.3 Å². The molecule has 0 aliphatic heterocycles. The van der Waals surface area contributed by atoms with Gasteiger partial charge in [-0.25, -0.2) is 4.98 Å². The first-order chi connectivity index (χ1) is 11.3. The number of nitrogens with one attached hydrogen (secondary N) is 1. The minimum absolute atomic E-state index is 0.216. The third-order valence-electron chi connectivity index (χ3n) is 3.29. The molecule has 3 aromatic rings. The Morgan fingerprint density at radius 1 is 1.22 bits per heavy atom. The van der Waals surface area contributed by atoms with Crippen molar-refractivity contribution in [3.05, 3.63) is 54.2 Å². The Hall–Kier alpha value is -1.95. The lowest BCUT2D eigenvalue weighted by Crippen LogP contribution is -2.20. The Morgan fingerprint density at radius 2 is 2.09 bits per heavy atom. The lowest BCUT2D eigenvalue weighted by molar-refractivity contribution is 0.211. The van der Waals surface area contributed by atoms with Gasteiger partial charge in [-0.15, -0.1) is 22.9 Å². The second kappa shape index (κ2) is 7.55. The van der Waals surface area contributed by atoms with Crippen LogP contribution in [0.15, 0.2) is 54.2 Å². The van der Waals surface area contributed by atoms with Crippen LogP contribution in [0.25, 0.3) is 21.8 Å². The van der Waals surface area contributed by atoms with Gasteiger partial charge in [-0.05, 0) is 24.3 Å². The van der Waals surface area contributed by atoms with Crippen LogP contribution in [0, 0.1) is 0 Å². The van der Waals surface area contributed by atoms with E-state index in [1.807, 2.05) is 48.0 Å². The maximum Gasteiger partial charge on any atom is 0.125 e. The topological polar surface area (TPSA) is 58.0 Å². The van der Waals surface area contributed by atoms with Gasteiger partial charge >= 0.3 is 0 Å². The zero-order chi connectivity index (χ0) is 16.1. The van der Waals surface area contributed by atoms with Crippen LogP contribution in [-0.4, -0.2) is 33.6 Å². The van der Waals surface area contributed by atoms with Gasteiger partial charge in [0.15, 0.2) is 0 Å². The lowest BCUT2D eigenvalue weighted by Gasteiger charge is -2.10. The summed E-state index contributed by atoms with van der Waals surface area (Å²) >= 11 is 7.20. The maximum absolute atomic E-state index is 9.52. The van der Waals surface area contributed by atoms with Crippen molar-refractivity contribution in [2.45, 2.75) is 6.10 Å². The second-order valence-electron chi connectivity index (χ2n) is 5.05. The quantitative estimate of drug-likeness (QED) is 0.665. The van der Waals surface area contributed by atoms with Gasteiger partial charge in [0.2, 0.25) is 0 Å². The minimum Gasteiger partial charge on any atom is -0.390 e. The number of hydrogen-bond donors (Lipinski definition) is 2. The molecular formula is C17H16ClN3OS. The number of halogens is 1. The zero-order valence-corrected chi connectivity index (χ0v) is 13.9. The number of thiazole rings is 1. The summed E-state index contributed by atoms with van der Waals surface area (Å²) in [5.74, 6) is 0.216. The van der Waals surface area contributed by atoms with Crippen molar-refractivity contribution in [2.75, 3.05) is 17.7 Å². The van der Waals surface area contributed by atoms with E-state index in [1.54, 1.807) is 17.5 Å². The molecule has 0 amide bonds. The molecule has 0 spiro atoms. The van der Waals surface area contributed by atoms with Gasteiger partial charge in [-0.1, -0.05) is 12.1 Å². The number of anilines is 1. The van der Waals surface area contributed by atoms with Gasteiger partial charge in [0.25, 0.3) is 0 Å². The highest BCUT2D eigenvalue weighted by molar-refractivity contribution is 7.13. The monoisotopic (exact) mass is 345 g/mol. The molecule has 1 unspecified atom stereocenters. The normalized spacial score (nSPS) is 12.1. The molecular weight excluding hydrogens is 330 g/mol. The third-order valence-corrected chi connectivity index (χ3v) is 4.54. The predicted octanol–water partition coefficient (Wildman–Crippen LogP) is 3.88. The first-order valence-corrected chi connectivity index (χ1v) is 8.62. The Kier molecular flexibility index (Phi) is 5.23. The van der Waals surface area contributed by atoms with Gasteiger partial charge < -0.3 is 10.4 Å². The molecule has 0 saturated heterocycles. The van der Waals surface area contributed by atoms with Crippen LogP contribution < -0.4 is 5.32 Å². The van der Waals surface area contributed by atoms with E-state index >= 15 is 0 Å². The summed E-state index contributed by atoms with van der Waals surface area (Å²) in [7, 11) is 0. The highest BCUT2D eigenvalue weighted by atomic mass is 35.5. The van der Waals surface area contributed by atoms with Gasteiger partial charge in [0.1, 0.15) is 5.01 Å². The van der Waals surface area contributed by atoms with E-state index in [0.717, 1.165) is 27.5 Å². The number of rotatable bonds is 6. The van der Waals surface area contributed by atoms with E-state index in [4.69, 9.17) is 11.6 Å². The molecule has 6 heteroatoms. The zero-order valence-electron chi connectivity index (χ0n) is 12.3. The Balaban J connectivity index is 1.78. The summed E-state index contributed by atoms with van der Waals surface area (Å²) in [5.41, 5.74) is 3.91. The highest BCUT2D eigenvalue weighted by Gasteiger charge is 2.08. The first-order valence-electron chi connectivity index (χ1n) is 7.20. The summed E-state index contributed by atoms with van der Waals surface area (Å²) in [5, 5.41) is 15.7. The Morgan fingerprint density at radius 3 is 2.87 bits per heavy atom. The van der Waals surface area contributed by atoms with E-state index in [-0.39, 0.29) is 5.88 Å². The molecule has 23 heavy (non-hydrogen) atoms. The largest absolute Gasteiger partial charge is 0.390 e. The van der Waals surface area contributed by atoms with Crippen molar-refractivity contribution in [1.82, 2.24) is 9.97 Å². The summed E-state index contributed by atoms with van der Waals surface area (Å²) < 4.78 is 0. The van der Waals surface area contributed by atoms with Crippen molar-refractivity contribution >= 4 is 28.6 Å². The van der Waals surface area contributed by atoms with Gasteiger partial charge in [0, 0.05) is 41.1 Å². The molecule has 0 fully saturated rings. The molecule has 118 valence electrons. The molecule has 0 aliphatic carbocycles. The molecule has 0 bridgehead atoms. The lowest BCUT2D eigenvalue weighted by atomic mass is 10.1. The summed E-state index contributed by atoms with van der Waals surface area (Å²) in [6.45, 7) is 0.422. The van der Waals surface area contributed by atoms with Crippen LogP contribution in [0.4, 0.5) is 5.69 Å². The summed E-state index contributed by atoms with van der Waals surface area (Å²) in [4.78, 5) is 8.81. The van der Waals surface area contributed by atoms with Gasteiger partial charge in [-0.2, -0.15) is 0 Å². The van der Waals surface area contributed by atoms with Crippen LogP contribution >= 0.6 is 22.9 Å². The fourth-order valence-corrected chi connectivity index (χ4v) is 3.04. The first kappa shape index (κ1) is 15.9. The van der Waals surface area contributed by atoms with Gasteiger partial charge in [-0.3, -0.25) is 4.98 Å². The summed E-state index contributed by atoms with van der Waals surface area (Å²) in [6, 6.07) is 11.9. The number of hydrogen-bond acceptors (Lipinski definition) is 5. The molecule has 2 N–H and O–H groups in total. The number of pyridine rings is 1. The predicted molar refractivity (Wildman–Crippen MR) is 96.0 cm³/mol. The molecule has 0 saturated carbocycles. The van der Waals surface area contributed by atoms with Crippen molar-refractivity contribution < 1.29 is 5.11 Å². The molecule has 1 atom stereocenters. The number of aromatic nitrogens is 2.